The van der Waals surface area contributed by atoms with Crippen LogP contribution in [0.5, 0.6) is 0 Å². The van der Waals surface area contributed by atoms with Crippen molar-refractivity contribution in [2.75, 3.05) is 5.32 Å². The van der Waals surface area contributed by atoms with Gasteiger partial charge in [0.1, 0.15) is 4.33 Å². The number of carbonyl (C=O) groups excluding carboxylic acids is 1. The Hall–Kier alpha value is -0.320. The Kier molecular flexibility index (Phi) is 2.48. The number of nitrogens with one attached hydrogen (secondary N) is 1. The van der Waals surface area contributed by atoms with E-state index in [1.54, 1.807) is 13.1 Å². The molecule has 0 radical (unpaired) electrons. The van der Waals surface area contributed by atoms with Crippen LogP contribution < -0.4 is 5.32 Å². The quantitative estimate of drug-likeness (QED) is 0.835. The summed E-state index contributed by atoms with van der Waals surface area (Å²) in [5.74, 6) is -0.165. The SMILES string of the molecule is Cc1cnc(NC(=O)C2(C)CC2(Cl)Cl)s1. The van der Waals surface area contributed by atoms with E-state index in [9.17, 15) is 4.79 Å². The number of carbonyl (C=O) groups is 1. The number of aryl methyl sites for hydroxylation is 1. The number of rotatable bonds is 2. The zero-order valence-electron chi connectivity index (χ0n) is 8.30. The summed E-state index contributed by atoms with van der Waals surface area (Å²) in [4.78, 5) is 16.9. The maximum absolute atomic E-state index is 11.8. The first-order valence-electron chi connectivity index (χ1n) is 4.47. The summed E-state index contributed by atoms with van der Waals surface area (Å²) in [7, 11) is 0. The minimum atomic E-state index is -0.927. The van der Waals surface area contributed by atoms with E-state index in [4.69, 9.17) is 23.2 Å². The molecular weight excluding hydrogens is 255 g/mol. The van der Waals surface area contributed by atoms with E-state index in [0.29, 0.717) is 11.6 Å². The lowest BCUT2D eigenvalue weighted by atomic mass is 10.1. The minimum absolute atomic E-state index is 0.165. The maximum Gasteiger partial charge on any atom is 0.235 e. The molecule has 0 saturated heterocycles. The van der Waals surface area contributed by atoms with Crippen molar-refractivity contribution in [2.24, 2.45) is 5.41 Å². The monoisotopic (exact) mass is 264 g/mol. The summed E-state index contributed by atoms with van der Waals surface area (Å²) in [5.41, 5.74) is -0.685. The number of thiazole rings is 1. The second kappa shape index (κ2) is 3.34. The molecule has 15 heavy (non-hydrogen) atoms. The van der Waals surface area contributed by atoms with Crippen LogP contribution in [0.3, 0.4) is 0 Å². The van der Waals surface area contributed by atoms with Crippen LogP contribution in [-0.2, 0) is 4.79 Å². The van der Waals surface area contributed by atoms with Gasteiger partial charge in [0, 0.05) is 11.1 Å². The van der Waals surface area contributed by atoms with Gasteiger partial charge in [0.05, 0.1) is 5.41 Å². The molecule has 1 atom stereocenters. The summed E-state index contributed by atoms with van der Waals surface area (Å²) in [6, 6.07) is 0. The molecule has 3 nitrogen and oxygen atoms in total. The number of hydrogen-bond donors (Lipinski definition) is 1. The summed E-state index contributed by atoms with van der Waals surface area (Å²) in [6.45, 7) is 3.68. The Morgan fingerprint density at radius 3 is 2.67 bits per heavy atom. The first-order valence-corrected chi connectivity index (χ1v) is 6.04. The lowest BCUT2D eigenvalue weighted by Gasteiger charge is -2.10. The molecule has 6 heteroatoms. The Labute approximate surface area is 102 Å². The highest BCUT2D eigenvalue weighted by atomic mass is 35.5. The number of aromatic nitrogens is 1. The molecule has 0 bridgehead atoms. The standard InChI is InChI=1S/C9H10Cl2N2OS/c1-5-3-12-7(15-5)13-6(14)8(2)4-9(8,10)11/h3H,4H2,1-2H3,(H,12,13,14). The van der Waals surface area contributed by atoms with Crippen molar-refractivity contribution < 1.29 is 4.79 Å². The average Bonchev–Trinajstić information content (AvgIpc) is 2.47. The molecule has 1 heterocycles. The number of amides is 1. The zero-order valence-corrected chi connectivity index (χ0v) is 10.6. The maximum atomic E-state index is 11.8. The van der Waals surface area contributed by atoms with E-state index in [0.717, 1.165) is 4.88 Å². The highest BCUT2D eigenvalue weighted by molar-refractivity contribution is 7.15. The number of anilines is 1. The molecule has 1 aromatic rings. The molecule has 2 rings (SSSR count). The van der Waals surface area contributed by atoms with Crippen LogP contribution in [-0.4, -0.2) is 15.2 Å². The van der Waals surface area contributed by atoms with Crippen LogP contribution in [0.4, 0.5) is 5.13 Å². The molecule has 0 spiro atoms. The predicted octanol–water partition coefficient (Wildman–Crippen LogP) is 2.97. The molecular formula is C9H10Cl2N2OS. The summed E-state index contributed by atoms with van der Waals surface area (Å²) >= 11 is 13.2. The van der Waals surface area contributed by atoms with Crippen molar-refractivity contribution in [3.8, 4) is 0 Å². The van der Waals surface area contributed by atoms with E-state index in [1.165, 1.54) is 11.3 Å². The lowest BCUT2D eigenvalue weighted by molar-refractivity contribution is -0.120. The molecule has 1 saturated carbocycles. The highest BCUT2D eigenvalue weighted by Gasteiger charge is 2.68. The van der Waals surface area contributed by atoms with Gasteiger partial charge in [0.25, 0.3) is 0 Å². The minimum Gasteiger partial charge on any atom is -0.301 e. The van der Waals surface area contributed by atoms with Crippen LogP contribution in [0.2, 0.25) is 0 Å². The molecule has 0 aliphatic heterocycles. The van der Waals surface area contributed by atoms with Crippen molar-refractivity contribution in [2.45, 2.75) is 24.6 Å². The Morgan fingerprint density at radius 1 is 1.67 bits per heavy atom. The van der Waals surface area contributed by atoms with Gasteiger partial charge >= 0.3 is 0 Å². The second-order valence-corrected chi connectivity index (χ2v) is 6.66. The van der Waals surface area contributed by atoms with E-state index >= 15 is 0 Å². The van der Waals surface area contributed by atoms with E-state index in [1.807, 2.05) is 6.92 Å². The third kappa shape index (κ3) is 1.86. The number of nitrogens with zero attached hydrogens (tertiary/aromatic N) is 1. The Balaban J connectivity index is 2.06. The Morgan fingerprint density at radius 2 is 2.27 bits per heavy atom. The van der Waals surface area contributed by atoms with E-state index < -0.39 is 9.75 Å². The third-order valence-corrected chi connectivity index (χ3v) is 4.53. The van der Waals surface area contributed by atoms with Crippen LogP contribution in [0.1, 0.15) is 18.2 Å². The lowest BCUT2D eigenvalue weighted by Crippen LogP contribution is -2.25. The van der Waals surface area contributed by atoms with Gasteiger partial charge in [-0.15, -0.1) is 34.5 Å². The van der Waals surface area contributed by atoms with Gasteiger partial charge in [-0.25, -0.2) is 4.98 Å². The van der Waals surface area contributed by atoms with Crippen LogP contribution in [0, 0.1) is 12.3 Å². The summed E-state index contributed by atoms with van der Waals surface area (Å²) < 4.78 is -0.927. The molecule has 1 unspecified atom stereocenters. The van der Waals surface area contributed by atoms with Gasteiger partial charge in [0.15, 0.2) is 5.13 Å². The number of hydrogen-bond acceptors (Lipinski definition) is 3. The molecule has 1 aromatic heterocycles. The Bertz CT molecular complexity index is 418. The number of alkyl halides is 2. The largest absolute Gasteiger partial charge is 0.301 e. The highest BCUT2D eigenvalue weighted by Crippen LogP contribution is 2.64. The topological polar surface area (TPSA) is 42.0 Å². The molecule has 82 valence electrons. The molecule has 0 aromatic carbocycles. The summed E-state index contributed by atoms with van der Waals surface area (Å²) in [6.07, 6.45) is 2.20. The zero-order chi connectivity index (χ0) is 11.3. The van der Waals surface area contributed by atoms with Gasteiger partial charge in [-0.3, -0.25) is 4.79 Å². The fourth-order valence-electron chi connectivity index (χ4n) is 1.29. The molecule has 1 fully saturated rings. The smallest absolute Gasteiger partial charge is 0.235 e. The van der Waals surface area contributed by atoms with Crippen molar-refractivity contribution in [1.82, 2.24) is 4.98 Å². The number of halogens is 2. The first kappa shape index (κ1) is 11.2. The van der Waals surface area contributed by atoms with Crippen molar-refractivity contribution in [3.05, 3.63) is 11.1 Å². The van der Waals surface area contributed by atoms with Gasteiger partial charge in [-0.05, 0) is 20.3 Å². The third-order valence-electron chi connectivity index (χ3n) is 2.60. The van der Waals surface area contributed by atoms with Gasteiger partial charge in [-0.1, -0.05) is 0 Å². The van der Waals surface area contributed by atoms with Crippen LogP contribution in [0.15, 0.2) is 6.20 Å². The van der Waals surface area contributed by atoms with Crippen LogP contribution in [0.25, 0.3) is 0 Å². The molecule has 1 aliphatic carbocycles. The van der Waals surface area contributed by atoms with E-state index in [2.05, 4.69) is 10.3 Å². The molecule has 1 amide bonds. The first-order chi connectivity index (χ1) is 6.85. The van der Waals surface area contributed by atoms with Gasteiger partial charge < -0.3 is 5.32 Å². The normalized spacial score (nSPS) is 27.5. The molecule has 1 N–H and O–H groups in total. The second-order valence-electron chi connectivity index (χ2n) is 3.94. The van der Waals surface area contributed by atoms with Crippen molar-refractivity contribution in [3.63, 3.8) is 0 Å². The van der Waals surface area contributed by atoms with Gasteiger partial charge in [0.2, 0.25) is 5.91 Å². The van der Waals surface area contributed by atoms with Crippen molar-refractivity contribution in [1.29, 1.82) is 0 Å². The summed E-state index contributed by atoms with van der Waals surface area (Å²) in [5, 5.41) is 3.31. The van der Waals surface area contributed by atoms with E-state index in [-0.39, 0.29) is 5.91 Å². The average molecular weight is 265 g/mol. The predicted molar refractivity (Wildman–Crippen MR) is 62.6 cm³/mol. The van der Waals surface area contributed by atoms with Crippen LogP contribution >= 0.6 is 34.5 Å². The fraction of sp³-hybridized carbons (Fsp3) is 0.556. The molecule has 1 aliphatic rings. The van der Waals surface area contributed by atoms with Crippen molar-refractivity contribution >= 4 is 45.6 Å². The van der Waals surface area contributed by atoms with Gasteiger partial charge in [-0.2, -0.15) is 0 Å². The fourth-order valence-corrected chi connectivity index (χ4v) is 2.66.